The Kier molecular flexibility index (Phi) is 8.34. The van der Waals surface area contributed by atoms with Gasteiger partial charge in [0.1, 0.15) is 19.0 Å². The fourth-order valence-electron chi connectivity index (χ4n) is 2.79. The largest absolute Gasteiger partial charge is 0.488 e. The van der Waals surface area contributed by atoms with Gasteiger partial charge in [-0.2, -0.15) is 4.31 Å². The van der Waals surface area contributed by atoms with Gasteiger partial charge in [0.25, 0.3) is 0 Å². The van der Waals surface area contributed by atoms with E-state index in [9.17, 15) is 13.2 Å². The molecule has 0 amide bonds. The predicted octanol–water partition coefficient (Wildman–Crippen LogP) is 3.65. The van der Waals surface area contributed by atoms with E-state index in [1.807, 2.05) is 0 Å². The third-order valence-electron chi connectivity index (χ3n) is 4.38. The minimum absolute atomic E-state index is 0.0405. The van der Waals surface area contributed by atoms with E-state index in [1.165, 1.54) is 22.5 Å². The highest BCUT2D eigenvalue weighted by atomic mass is 35.5. The smallest absolute Gasteiger partial charge is 0.330 e. The van der Waals surface area contributed by atoms with Crippen LogP contribution in [0, 0.1) is 0 Å². The lowest BCUT2D eigenvalue weighted by molar-refractivity contribution is -0.138. The van der Waals surface area contributed by atoms with Crippen molar-refractivity contribution in [3.05, 3.63) is 64.1 Å². The van der Waals surface area contributed by atoms with Gasteiger partial charge in [0, 0.05) is 24.2 Å². The maximum Gasteiger partial charge on any atom is 0.330 e. The number of ether oxygens (including phenoxy) is 3. The summed E-state index contributed by atoms with van der Waals surface area (Å²) < 4.78 is 42.3. The summed E-state index contributed by atoms with van der Waals surface area (Å²) in [6.45, 7) is 1.63. The molecule has 10 heteroatoms. The summed E-state index contributed by atoms with van der Waals surface area (Å²) in [5, 5.41) is 0.874. The third kappa shape index (κ3) is 6.69. The Labute approximate surface area is 191 Å². The maximum absolute atomic E-state index is 12.6. The number of carbonyl (C=O) groups excluding carboxylic acids is 1. The van der Waals surface area contributed by atoms with E-state index in [1.54, 1.807) is 36.4 Å². The Morgan fingerprint density at radius 1 is 1.06 bits per heavy atom. The second kappa shape index (κ2) is 11.0. The molecule has 0 radical (unpaired) electrons. The third-order valence-corrected chi connectivity index (χ3v) is 6.82. The highest BCUT2D eigenvalue weighted by Gasteiger charge is 2.25. The topological polar surface area (TPSA) is 82.1 Å². The highest BCUT2D eigenvalue weighted by molar-refractivity contribution is 7.89. The van der Waals surface area contributed by atoms with Gasteiger partial charge in [-0.1, -0.05) is 35.3 Å². The summed E-state index contributed by atoms with van der Waals surface area (Å²) in [5.74, 6) is -0.0967. The fraction of sp³-hybridized carbons (Fsp3) is 0.286. The summed E-state index contributed by atoms with van der Waals surface area (Å²) in [4.78, 5) is 12.1. The fourth-order valence-corrected chi connectivity index (χ4v) is 4.66. The van der Waals surface area contributed by atoms with Gasteiger partial charge >= 0.3 is 5.97 Å². The number of rotatable bonds is 8. The molecule has 0 aromatic heterocycles. The van der Waals surface area contributed by atoms with E-state index in [2.05, 4.69) is 0 Å². The number of esters is 1. The van der Waals surface area contributed by atoms with E-state index in [4.69, 9.17) is 37.4 Å². The Morgan fingerprint density at radius 2 is 1.77 bits per heavy atom. The molecule has 0 aliphatic carbocycles. The molecule has 0 spiro atoms. The summed E-state index contributed by atoms with van der Waals surface area (Å²) in [7, 11) is -3.55. The molecule has 2 aromatic rings. The summed E-state index contributed by atoms with van der Waals surface area (Å²) in [5.41, 5.74) is 0.669. The number of hydrogen-bond donors (Lipinski definition) is 0. The first-order chi connectivity index (χ1) is 14.9. The molecule has 7 nitrogen and oxygen atoms in total. The van der Waals surface area contributed by atoms with Gasteiger partial charge in [-0.15, -0.1) is 0 Å². The molecule has 1 heterocycles. The molecule has 0 unspecified atom stereocenters. The lowest BCUT2D eigenvalue weighted by Crippen LogP contribution is -2.40. The molecule has 1 fully saturated rings. The summed E-state index contributed by atoms with van der Waals surface area (Å²) >= 11 is 11.8. The molecule has 0 N–H and O–H groups in total. The predicted molar refractivity (Wildman–Crippen MR) is 118 cm³/mol. The lowest BCUT2D eigenvalue weighted by Gasteiger charge is -2.26. The lowest BCUT2D eigenvalue weighted by atomic mass is 10.2. The summed E-state index contributed by atoms with van der Waals surface area (Å²) in [6, 6.07) is 11.1. The van der Waals surface area contributed by atoms with Gasteiger partial charge in [-0.3, -0.25) is 0 Å². The number of nitrogens with zero attached hydrogens (tertiary/aromatic N) is 1. The van der Waals surface area contributed by atoms with E-state index >= 15 is 0 Å². The van der Waals surface area contributed by atoms with Crippen molar-refractivity contribution in [1.82, 2.24) is 4.31 Å². The normalized spacial score (nSPS) is 15.2. The quantitative estimate of drug-likeness (QED) is 0.322. The molecule has 166 valence electrons. The van der Waals surface area contributed by atoms with Crippen molar-refractivity contribution in [3.8, 4) is 5.75 Å². The first-order valence-corrected chi connectivity index (χ1v) is 11.7. The molecule has 0 bridgehead atoms. The Bertz CT molecular complexity index is 1030. The standard InChI is InChI=1S/C21H21Cl2NO6S/c22-17-4-7-20(19(23)15-17)29-13-14-30-21(25)8-3-16-1-5-18(6-2-16)31(26,27)24-9-11-28-12-10-24/h1-8,15H,9-14H2. The van der Waals surface area contributed by atoms with Gasteiger partial charge in [0.15, 0.2) is 0 Å². The van der Waals surface area contributed by atoms with Crippen molar-refractivity contribution in [2.45, 2.75) is 4.90 Å². The molecule has 0 saturated carbocycles. The van der Waals surface area contributed by atoms with Crippen molar-refractivity contribution in [2.75, 3.05) is 39.5 Å². The van der Waals surface area contributed by atoms with Crippen molar-refractivity contribution in [3.63, 3.8) is 0 Å². The first kappa shape index (κ1) is 23.6. The molecule has 3 rings (SSSR count). The molecular weight excluding hydrogens is 465 g/mol. The molecule has 2 aromatic carbocycles. The number of sulfonamides is 1. The number of carbonyl (C=O) groups is 1. The highest BCUT2D eigenvalue weighted by Crippen LogP contribution is 2.27. The van der Waals surface area contributed by atoms with Crippen LogP contribution in [0.3, 0.4) is 0 Å². The van der Waals surface area contributed by atoms with Gasteiger partial charge in [-0.25, -0.2) is 13.2 Å². The molecule has 1 saturated heterocycles. The van der Waals surface area contributed by atoms with Crippen LogP contribution < -0.4 is 4.74 Å². The average molecular weight is 486 g/mol. The minimum atomic E-state index is -3.55. The van der Waals surface area contributed by atoms with Crippen molar-refractivity contribution in [2.24, 2.45) is 0 Å². The van der Waals surface area contributed by atoms with Crippen LogP contribution in [0.5, 0.6) is 5.75 Å². The Balaban J connectivity index is 1.47. The molecule has 1 aliphatic rings. The van der Waals surface area contributed by atoms with Gasteiger partial charge in [0.2, 0.25) is 10.0 Å². The number of benzene rings is 2. The SMILES string of the molecule is O=C(C=Cc1ccc(S(=O)(=O)N2CCOCC2)cc1)OCCOc1ccc(Cl)cc1Cl. The number of morpholine rings is 1. The van der Waals surface area contributed by atoms with Gasteiger partial charge in [-0.05, 0) is 42.0 Å². The van der Waals surface area contributed by atoms with Crippen molar-refractivity contribution in [1.29, 1.82) is 0 Å². The Morgan fingerprint density at radius 3 is 2.45 bits per heavy atom. The van der Waals surface area contributed by atoms with Crippen LogP contribution in [0.15, 0.2) is 53.4 Å². The summed E-state index contributed by atoms with van der Waals surface area (Å²) in [6.07, 6.45) is 2.81. The zero-order valence-electron chi connectivity index (χ0n) is 16.5. The van der Waals surface area contributed by atoms with Crippen LogP contribution >= 0.6 is 23.2 Å². The molecule has 31 heavy (non-hydrogen) atoms. The van der Waals surface area contributed by atoms with Crippen molar-refractivity contribution >= 4 is 45.3 Å². The van der Waals surface area contributed by atoms with Crippen LogP contribution in [-0.4, -0.2) is 58.2 Å². The molecule has 0 atom stereocenters. The second-order valence-electron chi connectivity index (χ2n) is 6.51. The van der Waals surface area contributed by atoms with Crippen LogP contribution in [0.1, 0.15) is 5.56 Å². The minimum Gasteiger partial charge on any atom is -0.488 e. The van der Waals surface area contributed by atoms with Gasteiger partial charge < -0.3 is 14.2 Å². The Hall–Kier alpha value is -2.10. The van der Waals surface area contributed by atoms with Crippen LogP contribution in [-0.2, 0) is 24.3 Å². The number of halogens is 2. The van der Waals surface area contributed by atoms with E-state index < -0.39 is 16.0 Å². The molecule has 1 aliphatic heterocycles. The second-order valence-corrected chi connectivity index (χ2v) is 9.29. The van der Waals surface area contributed by atoms with Crippen molar-refractivity contribution < 1.29 is 27.4 Å². The maximum atomic E-state index is 12.6. The van der Waals surface area contributed by atoms with Crippen LogP contribution in [0.2, 0.25) is 10.0 Å². The zero-order chi connectivity index (χ0) is 22.3. The van der Waals surface area contributed by atoms with E-state index in [-0.39, 0.29) is 18.1 Å². The molecular formula is C21H21Cl2NO6S. The van der Waals surface area contributed by atoms with E-state index in [0.29, 0.717) is 47.7 Å². The van der Waals surface area contributed by atoms with Crippen LogP contribution in [0.25, 0.3) is 6.08 Å². The number of hydrogen-bond acceptors (Lipinski definition) is 6. The monoisotopic (exact) mass is 485 g/mol. The van der Waals surface area contributed by atoms with E-state index in [0.717, 1.165) is 0 Å². The zero-order valence-corrected chi connectivity index (χ0v) is 18.8. The first-order valence-electron chi connectivity index (χ1n) is 9.47. The van der Waals surface area contributed by atoms with Gasteiger partial charge in [0.05, 0.1) is 23.1 Å². The van der Waals surface area contributed by atoms with Crippen LogP contribution in [0.4, 0.5) is 0 Å². The average Bonchev–Trinajstić information content (AvgIpc) is 2.77.